The van der Waals surface area contributed by atoms with E-state index in [-0.39, 0.29) is 0 Å². The Hall–Kier alpha value is -2.46. The number of benzene rings is 2. The molecule has 0 atom stereocenters. The van der Waals surface area contributed by atoms with Crippen LogP contribution in [0.25, 0.3) is 0 Å². The van der Waals surface area contributed by atoms with Crippen LogP contribution in [0, 0.1) is 0 Å². The molecule has 0 bridgehead atoms. The van der Waals surface area contributed by atoms with Crippen molar-refractivity contribution < 1.29 is 14.3 Å². The first kappa shape index (κ1) is 14.5. The van der Waals surface area contributed by atoms with Crippen molar-refractivity contribution in [2.24, 2.45) is 0 Å². The summed E-state index contributed by atoms with van der Waals surface area (Å²) in [6.07, 6.45) is 0. The molecule has 22 heavy (non-hydrogen) atoms. The van der Waals surface area contributed by atoms with E-state index in [1.54, 1.807) is 36.4 Å². The number of carbonyl (C=O) groups excluding carboxylic acids is 2. The molecule has 2 aromatic rings. The highest BCUT2D eigenvalue weighted by Crippen LogP contribution is 2.17. The summed E-state index contributed by atoms with van der Waals surface area (Å²) in [6.45, 7) is 3.12. The predicted molar refractivity (Wildman–Crippen MR) is 84.6 cm³/mol. The molecular weight excluding hydrogens is 278 g/mol. The number of ketones is 2. The van der Waals surface area contributed by atoms with Gasteiger partial charge in [0.1, 0.15) is 0 Å². The quantitative estimate of drug-likeness (QED) is 0.642. The van der Waals surface area contributed by atoms with Crippen LogP contribution in [-0.2, 0) is 4.74 Å². The van der Waals surface area contributed by atoms with Crippen molar-refractivity contribution in [3.63, 3.8) is 0 Å². The van der Waals surface area contributed by atoms with Crippen LogP contribution in [-0.4, -0.2) is 37.9 Å². The van der Waals surface area contributed by atoms with E-state index in [4.69, 9.17) is 4.74 Å². The van der Waals surface area contributed by atoms with E-state index >= 15 is 0 Å². The second-order valence-corrected chi connectivity index (χ2v) is 5.17. The summed E-state index contributed by atoms with van der Waals surface area (Å²) in [5.74, 6) is -0.945. The lowest BCUT2D eigenvalue weighted by atomic mass is 10.0. The van der Waals surface area contributed by atoms with E-state index in [0.29, 0.717) is 24.3 Å². The van der Waals surface area contributed by atoms with Gasteiger partial charge in [-0.25, -0.2) is 0 Å². The monoisotopic (exact) mass is 295 g/mol. The number of hydrogen-bond donors (Lipinski definition) is 0. The zero-order valence-corrected chi connectivity index (χ0v) is 12.2. The topological polar surface area (TPSA) is 46.6 Å². The lowest BCUT2D eigenvalue weighted by Crippen LogP contribution is -2.36. The summed E-state index contributed by atoms with van der Waals surface area (Å²) in [7, 11) is 0. The Bertz CT molecular complexity index is 658. The number of rotatable bonds is 4. The number of morpholine rings is 1. The van der Waals surface area contributed by atoms with Gasteiger partial charge in [-0.1, -0.05) is 30.3 Å². The molecule has 1 aliphatic rings. The van der Waals surface area contributed by atoms with Crippen LogP contribution in [0.3, 0.4) is 0 Å². The Kier molecular flexibility index (Phi) is 4.30. The first-order chi connectivity index (χ1) is 10.8. The van der Waals surface area contributed by atoms with Gasteiger partial charge in [-0.3, -0.25) is 9.59 Å². The van der Waals surface area contributed by atoms with Crippen molar-refractivity contribution in [2.75, 3.05) is 31.2 Å². The van der Waals surface area contributed by atoms with Crippen molar-refractivity contribution in [2.45, 2.75) is 0 Å². The molecule has 1 heterocycles. The van der Waals surface area contributed by atoms with Gasteiger partial charge < -0.3 is 9.64 Å². The summed E-state index contributed by atoms with van der Waals surface area (Å²) in [6, 6.07) is 15.8. The zero-order valence-electron chi connectivity index (χ0n) is 12.2. The van der Waals surface area contributed by atoms with Gasteiger partial charge in [-0.2, -0.15) is 0 Å². The highest BCUT2D eigenvalue weighted by atomic mass is 16.5. The number of ether oxygens (including phenoxy) is 1. The maximum absolute atomic E-state index is 12.2. The Morgan fingerprint density at radius 2 is 1.32 bits per heavy atom. The molecule has 0 spiro atoms. The molecule has 0 N–H and O–H groups in total. The molecule has 2 aromatic carbocycles. The summed E-state index contributed by atoms with van der Waals surface area (Å²) in [4.78, 5) is 26.6. The van der Waals surface area contributed by atoms with Crippen molar-refractivity contribution in [1.82, 2.24) is 0 Å². The van der Waals surface area contributed by atoms with Crippen LogP contribution in [0.5, 0.6) is 0 Å². The third-order valence-corrected chi connectivity index (χ3v) is 3.75. The molecule has 0 saturated carbocycles. The molecule has 3 rings (SSSR count). The number of nitrogens with zero attached hydrogens (tertiary/aromatic N) is 1. The molecule has 0 aliphatic carbocycles. The van der Waals surface area contributed by atoms with Gasteiger partial charge in [0.15, 0.2) is 0 Å². The average molecular weight is 295 g/mol. The number of carbonyl (C=O) groups is 2. The highest BCUT2D eigenvalue weighted by molar-refractivity contribution is 6.49. The summed E-state index contributed by atoms with van der Waals surface area (Å²) in [5.41, 5.74) is 1.89. The molecule has 1 saturated heterocycles. The maximum Gasteiger partial charge on any atom is 0.233 e. The van der Waals surface area contributed by atoms with Crippen molar-refractivity contribution >= 4 is 17.3 Å². The molecule has 1 fully saturated rings. The molecule has 1 aliphatic heterocycles. The number of anilines is 1. The van der Waals surface area contributed by atoms with E-state index < -0.39 is 11.6 Å². The molecule has 0 aromatic heterocycles. The van der Waals surface area contributed by atoms with Gasteiger partial charge in [0.05, 0.1) is 13.2 Å². The maximum atomic E-state index is 12.2. The van der Waals surface area contributed by atoms with Gasteiger partial charge in [0.2, 0.25) is 11.6 Å². The first-order valence-electron chi connectivity index (χ1n) is 7.32. The Morgan fingerprint density at radius 1 is 0.773 bits per heavy atom. The fourth-order valence-electron chi connectivity index (χ4n) is 2.50. The van der Waals surface area contributed by atoms with Crippen LogP contribution in [0.1, 0.15) is 20.7 Å². The minimum atomic E-state index is -0.472. The molecule has 4 nitrogen and oxygen atoms in total. The average Bonchev–Trinajstić information content (AvgIpc) is 2.62. The zero-order chi connectivity index (χ0) is 15.4. The first-order valence-corrected chi connectivity index (χ1v) is 7.32. The second-order valence-electron chi connectivity index (χ2n) is 5.17. The van der Waals surface area contributed by atoms with Crippen molar-refractivity contribution in [3.8, 4) is 0 Å². The second kappa shape index (κ2) is 6.54. The van der Waals surface area contributed by atoms with Crippen LogP contribution in [0.15, 0.2) is 54.6 Å². The fourth-order valence-corrected chi connectivity index (χ4v) is 2.50. The Balaban J connectivity index is 1.75. The van der Waals surface area contributed by atoms with Crippen molar-refractivity contribution in [1.29, 1.82) is 0 Å². The van der Waals surface area contributed by atoms with Crippen LogP contribution in [0.4, 0.5) is 5.69 Å². The van der Waals surface area contributed by atoms with E-state index in [9.17, 15) is 9.59 Å². The molecule has 0 amide bonds. The molecule has 0 unspecified atom stereocenters. The minimum Gasteiger partial charge on any atom is -0.378 e. The molecular formula is C18H17NO3. The van der Waals surface area contributed by atoms with Gasteiger partial charge >= 0.3 is 0 Å². The van der Waals surface area contributed by atoms with Gasteiger partial charge in [-0.15, -0.1) is 0 Å². The number of hydrogen-bond acceptors (Lipinski definition) is 4. The largest absolute Gasteiger partial charge is 0.378 e. The Labute approximate surface area is 129 Å². The van der Waals surface area contributed by atoms with Gasteiger partial charge in [0.25, 0.3) is 0 Å². The lowest BCUT2D eigenvalue weighted by Gasteiger charge is -2.28. The third kappa shape index (κ3) is 3.07. The summed E-state index contributed by atoms with van der Waals surface area (Å²) < 4.78 is 5.32. The highest BCUT2D eigenvalue weighted by Gasteiger charge is 2.18. The lowest BCUT2D eigenvalue weighted by molar-refractivity contribution is 0.0817. The van der Waals surface area contributed by atoms with E-state index in [0.717, 1.165) is 18.8 Å². The predicted octanol–water partition coefficient (Wildman–Crippen LogP) is 2.59. The fraction of sp³-hybridized carbons (Fsp3) is 0.222. The summed E-state index contributed by atoms with van der Waals surface area (Å²) >= 11 is 0. The molecule has 0 radical (unpaired) electrons. The molecule has 4 heteroatoms. The molecule has 112 valence electrons. The smallest absolute Gasteiger partial charge is 0.233 e. The van der Waals surface area contributed by atoms with Gasteiger partial charge in [-0.05, 0) is 24.3 Å². The van der Waals surface area contributed by atoms with E-state index in [1.807, 2.05) is 18.2 Å². The number of Topliss-reactive ketones (excluding diaryl/α,β-unsaturated/α-hetero) is 2. The normalized spacial score (nSPS) is 14.6. The standard InChI is InChI=1S/C18H17NO3/c20-17(14-4-2-1-3-5-14)18(21)15-6-8-16(9-7-15)19-10-12-22-13-11-19/h1-9H,10-13H2. The van der Waals surface area contributed by atoms with Gasteiger partial charge in [0, 0.05) is 29.9 Å². The SMILES string of the molecule is O=C(C(=O)c1ccc(N2CCOCC2)cc1)c1ccccc1. The van der Waals surface area contributed by atoms with Crippen molar-refractivity contribution in [3.05, 3.63) is 65.7 Å². The van der Waals surface area contributed by atoms with E-state index in [1.165, 1.54) is 0 Å². The third-order valence-electron chi connectivity index (χ3n) is 3.75. The van der Waals surface area contributed by atoms with Crippen LogP contribution < -0.4 is 4.90 Å². The van der Waals surface area contributed by atoms with Crippen LogP contribution in [0.2, 0.25) is 0 Å². The Morgan fingerprint density at radius 3 is 1.91 bits per heavy atom. The van der Waals surface area contributed by atoms with Crippen LogP contribution >= 0.6 is 0 Å². The summed E-state index contributed by atoms with van der Waals surface area (Å²) in [5, 5.41) is 0. The van der Waals surface area contributed by atoms with E-state index in [2.05, 4.69) is 4.90 Å². The minimum absolute atomic E-state index is 0.421.